The topological polar surface area (TPSA) is 137 Å². The van der Waals surface area contributed by atoms with E-state index in [2.05, 4.69) is 18.8 Å². The number of H-pyrrole nitrogens is 1. The third kappa shape index (κ3) is 4.61. The Labute approximate surface area is 256 Å². The Bertz CT molecular complexity index is 1820. The number of nitrogens with one attached hydrogen (secondary N) is 1. The summed E-state index contributed by atoms with van der Waals surface area (Å²) in [6.07, 6.45) is 6.41. The Kier molecular flexibility index (Phi) is 7.40. The van der Waals surface area contributed by atoms with Gasteiger partial charge in [-0.3, -0.25) is 14.6 Å². The van der Waals surface area contributed by atoms with Crippen molar-refractivity contribution in [2.45, 2.75) is 73.3 Å². The third-order valence-electron chi connectivity index (χ3n) is 9.55. The smallest absolute Gasteiger partial charge is 0.305 e. The number of ether oxygens (including phenoxy) is 1. The second-order valence-corrected chi connectivity index (χ2v) is 12.1. The predicted molar refractivity (Wildman–Crippen MR) is 171 cm³/mol. The molecule has 0 fully saturated rings. The zero-order valence-corrected chi connectivity index (χ0v) is 26.3. The molecule has 0 spiro atoms. The number of aliphatic imine (C=N–C) groups is 3. The van der Waals surface area contributed by atoms with Crippen LogP contribution in [0.3, 0.4) is 0 Å². The standard InChI is InChI=1S/C35H38N4O5/c1-8-20-15(2)22-13-27-31(19(6)40)17(4)24(37-27)11-23-16(3)21(9-10-30(43)44-7)34(38-23)33-29(42)14-28(41)32-18(5)25(39-35(32)33)12-26(20)36-22/h11-13,16,19,21,37,40,42H,8-10,14H2,1-7H3. The molecule has 0 amide bonds. The van der Waals surface area contributed by atoms with Crippen molar-refractivity contribution in [3.63, 3.8) is 0 Å². The van der Waals surface area contributed by atoms with E-state index in [0.29, 0.717) is 34.7 Å². The number of carbonyl (C=O) groups is 2. The average molecular weight is 595 g/mol. The lowest BCUT2D eigenvalue weighted by Gasteiger charge is -2.23. The first-order valence-corrected chi connectivity index (χ1v) is 15.2. The summed E-state index contributed by atoms with van der Waals surface area (Å²) >= 11 is 0. The van der Waals surface area contributed by atoms with Gasteiger partial charge < -0.3 is 19.9 Å². The van der Waals surface area contributed by atoms with Gasteiger partial charge in [-0.25, -0.2) is 9.98 Å². The molecule has 0 saturated carbocycles. The monoisotopic (exact) mass is 594 g/mol. The number of fused-ring (bicyclic) bond motifs is 6. The van der Waals surface area contributed by atoms with E-state index in [9.17, 15) is 19.8 Å². The lowest BCUT2D eigenvalue weighted by atomic mass is 9.78. The Morgan fingerprint density at radius 1 is 1.07 bits per heavy atom. The van der Waals surface area contributed by atoms with Gasteiger partial charge >= 0.3 is 5.97 Å². The van der Waals surface area contributed by atoms with Crippen LogP contribution in [0.4, 0.5) is 0 Å². The summed E-state index contributed by atoms with van der Waals surface area (Å²) in [5.74, 6) is -0.925. The molecule has 5 aliphatic rings. The average Bonchev–Trinajstić information content (AvgIpc) is 3.65. The molecular formula is C35H38N4O5. The molecule has 1 aromatic heterocycles. The molecule has 3 unspecified atom stereocenters. The van der Waals surface area contributed by atoms with Crippen LogP contribution in [-0.2, 0) is 14.3 Å². The first-order valence-electron chi connectivity index (χ1n) is 15.2. The maximum Gasteiger partial charge on any atom is 0.305 e. The zero-order chi connectivity index (χ0) is 31.6. The number of esters is 1. The largest absolute Gasteiger partial charge is 0.511 e. The summed E-state index contributed by atoms with van der Waals surface area (Å²) in [5, 5.41) is 22.2. The van der Waals surface area contributed by atoms with Gasteiger partial charge in [0, 0.05) is 46.5 Å². The van der Waals surface area contributed by atoms with Crippen LogP contribution in [-0.4, -0.2) is 51.2 Å². The molecule has 8 bridgehead atoms. The van der Waals surface area contributed by atoms with Crippen LogP contribution >= 0.6 is 0 Å². The number of Topliss-reactive ketones (excluding diaryl/α,β-unsaturated/α-hetero) is 1. The van der Waals surface area contributed by atoms with Crippen molar-refractivity contribution in [2.75, 3.05) is 7.11 Å². The van der Waals surface area contributed by atoms with Gasteiger partial charge in [-0.2, -0.15) is 0 Å². The Hall–Kier alpha value is -4.37. The minimum Gasteiger partial charge on any atom is -0.511 e. The predicted octanol–water partition coefficient (Wildman–Crippen LogP) is 6.35. The summed E-state index contributed by atoms with van der Waals surface area (Å²) < 4.78 is 4.94. The van der Waals surface area contributed by atoms with Crippen molar-refractivity contribution in [2.24, 2.45) is 26.8 Å². The quantitative estimate of drug-likeness (QED) is 0.341. The molecule has 0 radical (unpaired) electrons. The van der Waals surface area contributed by atoms with Crippen LogP contribution in [0.5, 0.6) is 0 Å². The van der Waals surface area contributed by atoms with Crippen molar-refractivity contribution < 1.29 is 24.5 Å². The van der Waals surface area contributed by atoms with E-state index in [0.717, 1.165) is 62.8 Å². The number of aliphatic hydroxyl groups excluding tert-OH is 2. The van der Waals surface area contributed by atoms with Crippen molar-refractivity contribution >= 4 is 41.0 Å². The van der Waals surface area contributed by atoms with E-state index < -0.39 is 6.10 Å². The number of carbonyl (C=O) groups excluding carboxylic acids is 2. The van der Waals surface area contributed by atoms with Gasteiger partial charge in [-0.15, -0.1) is 0 Å². The van der Waals surface area contributed by atoms with Crippen LogP contribution in [0.2, 0.25) is 0 Å². The summed E-state index contributed by atoms with van der Waals surface area (Å²) in [6.45, 7) is 11.8. The molecule has 0 aromatic carbocycles. The number of aromatic amines is 1. The lowest BCUT2D eigenvalue weighted by molar-refractivity contribution is -0.140. The van der Waals surface area contributed by atoms with E-state index in [1.807, 2.05) is 39.0 Å². The molecule has 3 atom stereocenters. The molecule has 9 heteroatoms. The van der Waals surface area contributed by atoms with Crippen molar-refractivity contribution in [1.82, 2.24) is 4.98 Å². The van der Waals surface area contributed by atoms with Crippen LogP contribution in [0.25, 0.3) is 12.2 Å². The summed E-state index contributed by atoms with van der Waals surface area (Å²) in [4.78, 5) is 44.1. The fourth-order valence-electron chi connectivity index (χ4n) is 7.09. The molecule has 1 aliphatic carbocycles. The minimum absolute atomic E-state index is 0.0638. The molecule has 1 aromatic rings. The molecule has 0 saturated heterocycles. The second-order valence-electron chi connectivity index (χ2n) is 12.1. The van der Waals surface area contributed by atoms with Crippen LogP contribution in [0.15, 0.2) is 71.8 Å². The van der Waals surface area contributed by atoms with Gasteiger partial charge in [0.05, 0.1) is 53.7 Å². The van der Waals surface area contributed by atoms with Crippen LogP contribution < -0.4 is 0 Å². The highest BCUT2D eigenvalue weighted by molar-refractivity contribution is 6.42. The van der Waals surface area contributed by atoms with Crippen LogP contribution in [0.1, 0.15) is 88.9 Å². The van der Waals surface area contributed by atoms with E-state index in [-0.39, 0.29) is 42.2 Å². The third-order valence-corrected chi connectivity index (χ3v) is 9.55. The van der Waals surface area contributed by atoms with E-state index in [1.54, 1.807) is 6.92 Å². The molecular weight excluding hydrogens is 556 g/mol. The molecule has 4 aliphatic heterocycles. The van der Waals surface area contributed by atoms with Gasteiger partial charge in [0.15, 0.2) is 5.78 Å². The van der Waals surface area contributed by atoms with Crippen molar-refractivity contribution in [3.8, 4) is 0 Å². The number of aliphatic hydroxyl groups is 2. The molecule has 6 rings (SSSR count). The molecule has 9 nitrogen and oxygen atoms in total. The fourth-order valence-corrected chi connectivity index (χ4v) is 7.09. The Morgan fingerprint density at radius 3 is 2.48 bits per heavy atom. The maximum absolute atomic E-state index is 13.3. The van der Waals surface area contributed by atoms with E-state index >= 15 is 0 Å². The number of allylic oxidation sites excluding steroid dienone is 8. The number of ketones is 1. The SMILES string of the molecule is CCC1=C(C)C2=Cc3[nH]c(c(C)c3C(C)O)C=C3N=C(C4=C(O)CC(=O)C5=C(C)C(=CC1=N2)N=C45)C(CCC(=O)OC)C3C. The normalized spacial score (nSPS) is 23.4. The van der Waals surface area contributed by atoms with Crippen molar-refractivity contribution in [3.05, 3.63) is 79.3 Å². The second kappa shape index (κ2) is 11.0. The van der Waals surface area contributed by atoms with Gasteiger partial charge in [0.25, 0.3) is 0 Å². The molecule has 44 heavy (non-hydrogen) atoms. The number of hydrogen-bond acceptors (Lipinski definition) is 8. The molecule has 5 heterocycles. The van der Waals surface area contributed by atoms with Gasteiger partial charge in [-0.05, 0) is 81.0 Å². The number of methoxy groups -OCH3 is 1. The number of nitrogens with zero attached hydrogens (tertiary/aromatic N) is 3. The highest BCUT2D eigenvalue weighted by Gasteiger charge is 2.43. The van der Waals surface area contributed by atoms with Gasteiger partial charge in [0.1, 0.15) is 5.76 Å². The summed E-state index contributed by atoms with van der Waals surface area (Å²) in [6, 6.07) is 0. The number of aromatic nitrogens is 1. The highest BCUT2D eigenvalue weighted by atomic mass is 16.5. The Balaban J connectivity index is 1.65. The zero-order valence-electron chi connectivity index (χ0n) is 26.3. The van der Waals surface area contributed by atoms with Crippen LogP contribution in [0, 0.1) is 18.8 Å². The Morgan fingerprint density at radius 2 is 1.80 bits per heavy atom. The van der Waals surface area contributed by atoms with E-state index in [1.165, 1.54) is 7.11 Å². The number of hydrogen-bond donors (Lipinski definition) is 3. The molecule has 228 valence electrons. The van der Waals surface area contributed by atoms with Crippen molar-refractivity contribution in [1.29, 1.82) is 0 Å². The number of rotatable bonds is 5. The van der Waals surface area contributed by atoms with E-state index in [4.69, 9.17) is 19.7 Å². The summed E-state index contributed by atoms with van der Waals surface area (Å²) in [7, 11) is 1.37. The first kappa shape index (κ1) is 29.7. The lowest BCUT2D eigenvalue weighted by Crippen LogP contribution is -2.30. The minimum atomic E-state index is -0.721. The van der Waals surface area contributed by atoms with Gasteiger partial charge in [-0.1, -0.05) is 13.8 Å². The summed E-state index contributed by atoms with van der Waals surface area (Å²) in [5.41, 5.74) is 11.1. The maximum atomic E-state index is 13.3. The highest BCUT2D eigenvalue weighted by Crippen LogP contribution is 2.44. The first-order chi connectivity index (χ1) is 20.9. The molecule has 3 N–H and O–H groups in total. The fraction of sp³-hybridized carbons (Fsp3) is 0.400. The van der Waals surface area contributed by atoms with Gasteiger partial charge in [0.2, 0.25) is 0 Å².